The van der Waals surface area contributed by atoms with E-state index in [1.807, 2.05) is 24.0 Å². The number of pyridine rings is 1. The highest BCUT2D eigenvalue weighted by atomic mass is 16.5. The molecule has 21 heavy (non-hydrogen) atoms. The molecule has 0 spiro atoms. The number of hydrogen-bond donors (Lipinski definition) is 1. The van der Waals surface area contributed by atoms with Gasteiger partial charge in [-0.2, -0.15) is 5.10 Å². The first-order valence-electron chi connectivity index (χ1n) is 7.36. The third-order valence-electron chi connectivity index (χ3n) is 3.65. The van der Waals surface area contributed by atoms with E-state index in [1.165, 1.54) is 5.56 Å². The summed E-state index contributed by atoms with van der Waals surface area (Å²) in [7, 11) is 3.62. The van der Waals surface area contributed by atoms with Crippen LogP contribution < -0.4 is 10.1 Å². The van der Waals surface area contributed by atoms with Gasteiger partial charge in [-0.05, 0) is 38.9 Å². The van der Waals surface area contributed by atoms with Crippen LogP contribution in [0.25, 0.3) is 0 Å². The molecule has 2 aromatic rings. The van der Waals surface area contributed by atoms with Crippen LogP contribution in [0.15, 0.2) is 24.5 Å². The van der Waals surface area contributed by atoms with Crippen LogP contribution in [0.3, 0.4) is 0 Å². The molecule has 2 rings (SSSR count). The second-order valence-corrected chi connectivity index (χ2v) is 5.26. The molecule has 2 aromatic heterocycles. The number of hydrogen-bond acceptors (Lipinski definition) is 4. The van der Waals surface area contributed by atoms with Gasteiger partial charge in [0.05, 0.1) is 25.0 Å². The number of rotatable bonds is 6. The predicted octanol–water partition coefficient (Wildman–Crippen LogP) is 2.74. The van der Waals surface area contributed by atoms with Crippen molar-refractivity contribution in [3.05, 3.63) is 41.5 Å². The number of nitrogens with zero attached hydrogens (tertiary/aromatic N) is 3. The lowest BCUT2D eigenvalue weighted by molar-refractivity contribution is 0.395. The van der Waals surface area contributed by atoms with E-state index < -0.39 is 0 Å². The number of nitrogens with one attached hydrogen (secondary N) is 1. The molecular weight excluding hydrogens is 264 g/mol. The lowest BCUT2D eigenvalue weighted by atomic mass is 10.0. The molecule has 0 aliphatic rings. The average molecular weight is 288 g/mol. The van der Waals surface area contributed by atoms with Crippen LogP contribution >= 0.6 is 0 Å². The highest BCUT2D eigenvalue weighted by Gasteiger charge is 2.26. The maximum atomic E-state index is 5.50. The van der Waals surface area contributed by atoms with Gasteiger partial charge in [0.15, 0.2) is 5.75 Å². The highest BCUT2D eigenvalue weighted by Crippen LogP contribution is 2.32. The smallest absolute Gasteiger partial charge is 0.162 e. The van der Waals surface area contributed by atoms with Gasteiger partial charge in [-0.1, -0.05) is 13.0 Å². The van der Waals surface area contributed by atoms with Crippen LogP contribution in [0, 0.1) is 0 Å². The first kappa shape index (κ1) is 15.5. The van der Waals surface area contributed by atoms with Crippen LogP contribution in [0.4, 0.5) is 0 Å². The molecule has 114 valence electrons. The Hall–Kier alpha value is -1.88. The van der Waals surface area contributed by atoms with E-state index in [9.17, 15) is 0 Å². The van der Waals surface area contributed by atoms with E-state index in [2.05, 4.69) is 42.2 Å². The Kier molecular flexibility index (Phi) is 4.96. The lowest BCUT2D eigenvalue weighted by Crippen LogP contribution is -2.25. The number of methoxy groups -OCH3 is 1. The first-order valence-corrected chi connectivity index (χ1v) is 7.36. The summed E-state index contributed by atoms with van der Waals surface area (Å²) in [6.45, 7) is 6.37. The second-order valence-electron chi connectivity index (χ2n) is 5.26. The second kappa shape index (κ2) is 6.72. The van der Waals surface area contributed by atoms with Gasteiger partial charge in [-0.15, -0.1) is 0 Å². The standard InChI is InChI=1S/C16H24N4O/c1-6-12-8-7-9-18-14(12)15(17-4)16-13(21-5)10-19-20(16)11(2)3/h7-11,15,17H,6H2,1-5H3. The van der Waals surface area contributed by atoms with Gasteiger partial charge >= 0.3 is 0 Å². The van der Waals surface area contributed by atoms with Gasteiger partial charge in [0.25, 0.3) is 0 Å². The van der Waals surface area contributed by atoms with Gasteiger partial charge in [-0.3, -0.25) is 9.67 Å². The van der Waals surface area contributed by atoms with E-state index >= 15 is 0 Å². The fourth-order valence-electron chi connectivity index (χ4n) is 2.61. The van der Waals surface area contributed by atoms with Gasteiger partial charge in [0, 0.05) is 12.2 Å². The van der Waals surface area contributed by atoms with Crippen molar-refractivity contribution >= 4 is 0 Å². The Balaban J connectivity index is 2.58. The summed E-state index contributed by atoms with van der Waals surface area (Å²) < 4.78 is 7.50. The Morgan fingerprint density at radius 1 is 1.38 bits per heavy atom. The molecule has 0 amide bonds. The fourth-order valence-corrected chi connectivity index (χ4v) is 2.61. The SMILES string of the molecule is CCc1cccnc1C(NC)c1c(OC)cnn1C(C)C. The predicted molar refractivity (Wildman–Crippen MR) is 83.7 cm³/mol. The van der Waals surface area contributed by atoms with E-state index in [0.717, 1.165) is 23.6 Å². The third-order valence-corrected chi connectivity index (χ3v) is 3.65. The van der Waals surface area contributed by atoms with Crippen LogP contribution in [0.1, 0.15) is 49.8 Å². The summed E-state index contributed by atoms with van der Waals surface area (Å²) in [5, 5.41) is 7.82. The minimum Gasteiger partial charge on any atom is -0.493 e. The van der Waals surface area contributed by atoms with Crippen LogP contribution in [0.2, 0.25) is 0 Å². The van der Waals surface area contributed by atoms with E-state index in [4.69, 9.17) is 4.74 Å². The van der Waals surface area contributed by atoms with Gasteiger partial charge in [0.2, 0.25) is 0 Å². The van der Waals surface area contributed by atoms with Crippen LogP contribution in [-0.2, 0) is 6.42 Å². The zero-order valence-electron chi connectivity index (χ0n) is 13.4. The fraction of sp³-hybridized carbons (Fsp3) is 0.500. The van der Waals surface area contributed by atoms with E-state index in [1.54, 1.807) is 13.3 Å². The largest absolute Gasteiger partial charge is 0.493 e. The topological polar surface area (TPSA) is 52.0 Å². The third kappa shape index (κ3) is 2.93. The van der Waals surface area contributed by atoms with Crippen LogP contribution in [-0.4, -0.2) is 28.9 Å². The molecule has 1 N–H and O–H groups in total. The molecule has 2 heterocycles. The van der Waals surface area contributed by atoms with Gasteiger partial charge in [-0.25, -0.2) is 0 Å². The molecule has 1 unspecified atom stereocenters. The van der Waals surface area contributed by atoms with Crippen molar-refractivity contribution in [1.29, 1.82) is 0 Å². The van der Waals surface area contributed by atoms with Gasteiger partial charge < -0.3 is 10.1 Å². The van der Waals surface area contributed by atoms with E-state index in [-0.39, 0.29) is 12.1 Å². The van der Waals surface area contributed by atoms with Gasteiger partial charge in [0.1, 0.15) is 5.69 Å². The summed E-state index contributed by atoms with van der Waals surface area (Å²) in [6.07, 6.45) is 4.55. The van der Waals surface area contributed by atoms with Crippen molar-refractivity contribution in [1.82, 2.24) is 20.1 Å². The number of ether oxygens (including phenoxy) is 1. The molecule has 0 aromatic carbocycles. The van der Waals surface area contributed by atoms with E-state index in [0.29, 0.717) is 0 Å². The van der Waals surface area contributed by atoms with Crippen molar-refractivity contribution in [3.63, 3.8) is 0 Å². The van der Waals surface area contributed by atoms with Crippen molar-refractivity contribution in [2.45, 2.75) is 39.3 Å². The molecule has 0 saturated carbocycles. The summed E-state index contributed by atoms with van der Waals surface area (Å²) in [4.78, 5) is 4.59. The van der Waals surface area contributed by atoms with Crippen LogP contribution in [0.5, 0.6) is 5.75 Å². The molecule has 0 aliphatic heterocycles. The molecule has 0 radical (unpaired) electrons. The summed E-state index contributed by atoms with van der Waals surface area (Å²) in [5.41, 5.74) is 3.28. The molecule has 0 saturated heterocycles. The summed E-state index contributed by atoms with van der Waals surface area (Å²) in [6, 6.07) is 4.32. The lowest BCUT2D eigenvalue weighted by Gasteiger charge is -2.22. The maximum Gasteiger partial charge on any atom is 0.162 e. The average Bonchev–Trinajstić information content (AvgIpc) is 2.92. The Bertz CT molecular complexity index is 592. The quantitative estimate of drug-likeness (QED) is 0.888. The van der Waals surface area contributed by atoms with Crippen molar-refractivity contribution < 1.29 is 4.74 Å². The van der Waals surface area contributed by atoms with Crippen molar-refractivity contribution in [3.8, 4) is 5.75 Å². The Morgan fingerprint density at radius 3 is 2.71 bits per heavy atom. The minimum absolute atomic E-state index is 0.0407. The molecule has 0 bridgehead atoms. The highest BCUT2D eigenvalue weighted by molar-refractivity contribution is 5.37. The number of aromatic nitrogens is 3. The molecule has 5 heteroatoms. The molecule has 5 nitrogen and oxygen atoms in total. The Morgan fingerprint density at radius 2 is 2.14 bits per heavy atom. The molecule has 0 fully saturated rings. The maximum absolute atomic E-state index is 5.50. The monoisotopic (exact) mass is 288 g/mol. The summed E-state index contributed by atoms with van der Waals surface area (Å²) in [5.74, 6) is 0.788. The molecular formula is C16H24N4O. The minimum atomic E-state index is -0.0407. The van der Waals surface area contributed by atoms with Crippen molar-refractivity contribution in [2.24, 2.45) is 0 Å². The normalized spacial score (nSPS) is 12.7. The first-order chi connectivity index (χ1) is 10.1. The summed E-state index contributed by atoms with van der Waals surface area (Å²) >= 11 is 0. The number of aryl methyl sites for hydroxylation is 1. The zero-order valence-corrected chi connectivity index (χ0v) is 13.4. The molecule has 0 aliphatic carbocycles. The Labute approximate surface area is 126 Å². The molecule has 1 atom stereocenters. The van der Waals surface area contributed by atoms with Crippen molar-refractivity contribution in [2.75, 3.05) is 14.2 Å². The zero-order chi connectivity index (χ0) is 15.4.